The first-order valence-corrected chi connectivity index (χ1v) is 10.9. The lowest BCUT2D eigenvalue weighted by molar-refractivity contribution is -0.152. The van der Waals surface area contributed by atoms with Gasteiger partial charge in [-0.3, -0.25) is 14.5 Å². The van der Waals surface area contributed by atoms with E-state index in [9.17, 15) is 9.59 Å². The monoisotopic (exact) mass is 438 g/mol. The van der Waals surface area contributed by atoms with Gasteiger partial charge in [0.05, 0.1) is 26.1 Å². The van der Waals surface area contributed by atoms with E-state index in [2.05, 4.69) is 0 Å². The van der Waals surface area contributed by atoms with E-state index in [-0.39, 0.29) is 24.3 Å². The minimum Gasteiger partial charge on any atom is -0.497 e. The Hall–Kier alpha value is -3.00. The Bertz CT molecular complexity index is 1050. The molecule has 0 radical (unpaired) electrons. The molecule has 0 saturated carbocycles. The van der Waals surface area contributed by atoms with Crippen molar-refractivity contribution in [1.29, 1.82) is 0 Å². The van der Waals surface area contributed by atoms with Crippen molar-refractivity contribution in [3.63, 3.8) is 0 Å². The second kappa shape index (κ2) is 8.50. The molecule has 1 aromatic carbocycles. The molecule has 0 unspecified atom stereocenters. The number of nitrogens with zero attached hydrogens (tertiary/aromatic N) is 4. The number of fused-ring (bicyclic) bond motifs is 1. The summed E-state index contributed by atoms with van der Waals surface area (Å²) in [4.78, 5) is 39.0. The van der Waals surface area contributed by atoms with E-state index >= 15 is 0 Å². The van der Waals surface area contributed by atoms with Crippen LogP contribution in [-0.2, 0) is 27.3 Å². The molecular formula is C24H30N4O4. The Labute approximate surface area is 188 Å². The predicted molar refractivity (Wildman–Crippen MR) is 119 cm³/mol. The van der Waals surface area contributed by atoms with Crippen molar-refractivity contribution in [2.75, 3.05) is 25.7 Å². The summed E-state index contributed by atoms with van der Waals surface area (Å²) in [7, 11) is 3.17. The standard InChI is InChI=1S/C24H30N4O4/c1-15-18-13-20(29)28(14-16-8-6-9-17(12-16)31-4)22(18)26-21(25-15)19-10-7-11-27(19)23(30)24(2,3)32-5/h6,8-9,12,19H,7,10-11,13-14H2,1-5H3/t19-/m0/s1. The second-order valence-corrected chi connectivity index (χ2v) is 8.85. The Morgan fingerprint density at radius 1 is 1.25 bits per heavy atom. The largest absolute Gasteiger partial charge is 0.497 e. The Balaban J connectivity index is 1.67. The number of carbonyl (C=O) groups is 2. The SMILES string of the molecule is COc1cccc(CN2C(=O)Cc3c(C)nc([C@@H]4CCCN4C(=O)C(C)(C)OC)nc32)c1. The topological polar surface area (TPSA) is 84.9 Å². The number of carbonyl (C=O) groups excluding carboxylic acids is 2. The number of amides is 2. The number of rotatable bonds is 6. The normalized spacial score (nSPS) is 18.3. The number of aryl methyl sites for hydroxylation is 1. The van der Waals surface area contributed by atoms with Gasteiger partial charge in [0.15, 0.2) is 5.82 Å². The van der Waals surface area contributed by atoms with Gasteiger partial charge < -0.3 is 14.4 Å². The van der Waals surface area contributed by atoms with Gasteiger partial charge in [0.25, 0.3) is 5.91 Å². The van der Waals surface area contributed by atoms with Gasteiger partial charge in [0.2, 0.25) is 5.91 Å². The summed E-state index contributed by atoms with van der Waals surface area (Å²) in [5.41, 5.74) is 1.69. The van der Waals surface area contributed by atoms with Gasteiger partial charge in [-0.05, 0) is 51.3 Å². The van der Waals surface area contributed by atoms with E-state index < -0.39 is 5.60 Å². The van der Waals surface area contributed by atoms with Crippen LogP contribution in [0.5, 0.6) is 5.75 Å². The quantitative estimate of drug-likeness (QED) is 0.689. The first-order valence-electron chi connectivity index (χ1n) is 10.9. The molecule has 2 amide bonds. The third kappa shape index (κ3) is 3.95. The highest BCUT2D eigenvalue weighted by Crippen LogP contribution is 2.37. The third-order valence-electron chi connectivity index (χ3n) is 6.41. The molecule has 0 spiro atoms. The van der Waals surface area contributed by atoms with Crippen LogP contribution in [0.25, 0.3) is 0 Å². The van der Waals surface area contributed by atoms with Gasteiger partial charge in [-0.1, -0.05) is 12.1 Å². The van der Waals surface area contributed by atoms with Crippen molar-refractivity contribution in [1.82, 2.24) is 14.9 Å². The van der Waals surface area contributed by atoms with Gasteiger partial charge in [-0.15, -0.1) is 0 Å². The molecule has 1 fully saturated rings. The van der Waals surface area contributed by atoms with E-state index in [1.54, 1.807) is 33.0 Å². The van der Waals surface area contributed by atoms with Crippen LogP contribution in [0.15, 0.2) is 24.3 Å². The van der Waals surface area contributed by atoms with Crippen molar-refractivity contribution in [2.45, 2.75) is 58.2 Å². The zero-order valence-electron chi connectivity index (χ0n) is 19.3. The van der Waals surface area contributed by atoms with Crippen molar-refractivity contribution >= 4 is 17.6 Å². The lowest BCUT2D eigenvalue weighted by Crippen LogP contribution is -2.46. The van der Waals surface area contributed by atoms with E-state index in [1.807, 2.05) is 36.1 Å². The minimum absolute atomic E-state index is 0.00255. The average Bonchev–Trinajstić information content (AvgIpc) is 3.39. The van der Waals surface area contributed by atoms with Gasteiger partial charge in [0.1, 0.15) is 17.2 Å². The first kappa shape index (κ1) is 22.2. The smallest absolute Gasteiger partial charge is 0.254 e. The average molecular weight is 439 g/mol. The van der Waals surface area contributed by atoms with E-state index in [1.165, 1.54) is 0 Å². The van der Waals surface area contributed by atoms with Crippen LogP contribution in [0.3, 0.4) is 0 Å². The van der Waals surface area contributed by atoms with Crippen molar-refractivity contribution in [3.05, 3.63) is 46.9 Å². The van der Waals surface area contributed by atoms with Gasteiger partial charge >= 0.3 is 0 Å². The zero-order chi connectivity index (χ0) is 23.0. The van der Waals surface area contributed by atoms with Crippen LogP contribution in [0.1, 0.15) is 55.4 Å². The number of methoxy groups -OCH3 is 2. The van der Waals surface area contributed by atoms with Crippen LogP contribution in [0.4, 0.5) is 5.82 Å². The first-order chi connectivity index (χ1) is 15.2. The van der Waals surface area contributed by atoms with Crippen LogP contribution < -0.4 is 9.64 Å². The summed E-state index contributed by atoms with van der Waals surface area (Å²) in [5.74, 6) is 1.90. The molecule has 0 bridgehead atoms. The lowest BCUT2D eigenvalue weighted by atomic mass is 10.1. The maximum absolute atomic E-state index is 13.1. The molecule has 8 heteroatoms. The number of ether oxygens (including phenoxy) is 2. The Morgan fingerprint density at radius 2 is 2.03 bits per heavy atom. The summed E-state index contributed by atoms with van der Waals surface area (Å²) in [6.07, 6.45) is 1.95. The second-order valence-electron chi connectivity index (χ2n) is 8.85. The van der Waals surface area contributed by atoms with Crippen molar-refractivity contribution in [2.24, 2.45) is 0 Å². The fourth-order valence-corrected chi connectivity index (χ4v) is 4.37. The third-order valence-corrected chi connectivity index (χ3v) is 6.41. The number of hydrogen-bond acceptors (Lipinski definition) is 6. The Kier molecular flexibility index (Phi) is 5.90. The molecule has 1 saturated heterocycles. The number of hydrogen-bond donors (Lipinski definition) is 0. The van der Waals surface area contributed by atoms with E-state index in [0.717, 1.165) is 35.4 Å². The summed E-state index contributed by atoms with van der Waals surface area (Å²) in [6, 6.07) is 7.44. The van der Waals surface area contributed by atoms with E-state index in [4.69, 9.17) is 19.4 Å². The summed E-state index contributed by atoms with van der Waals surface area (Å²) in [6.45, 7) is 6.50. The summed E-state index contributed by atoms with van der Waals surface area (Å²) < 4.78 is 10.7. The summed E-state index contributed by atoms with van der Waals surface area (Å²) in [5, 5.41) is 0. The van der Waals surface area contributed by atoms with Gasteiger partial charge in [0, 0.05) is 24.9 Å². The molecule has 3 heterocycles. The van der Waals surface area contributed by atoms with Crippen LogP contribution in [0, 0.1) is 6.92 Å². The van der Waals surface area contributed by atoms with Crippen LogP contribution in [-0.4, -0.2) is 53.0 Å². The van der Waals surface area contributed by atoms with Crippen LogP contribution >= 0.6 is 0 Å². The fraction of sp³-hybridized carbons (Fsp3) is 0.500. The predicted octanol–water partition coefficient (Wildman–Crippen LogP) is 2.97. The zero-order valence-corrected chi connectivity index (χ0v) is 19.3. The highest BCUT2D eigenvalue weighted by molar-refractivity contribution is 6.00. The molecule has 32 heavy (non-hydrogen) atoms. The molecule has 2 aliphatic rings. The number of anilines is 1. The number of aromatic nitrogens is 2. The van der Waals surface area contributed by atoms with Gasteiger partial charge in [-0.25, -0.2) is 9.97 Å². The molecule has 0 aliphatic carbocycles. The lowest BCUT2D eigenvalue weighted by Gasteiger charge is -2.32. The fourth-order valence-electron chi connectivity index (χ4n) is 4.37. The molecule has 1 aromatic heterocycles. The molecule has 1 atom stereocenters. The number of likely N-dealkylation sites (tertiary alicyclic amines) is 1. The molecule has 4 rings (SSSR count). The maximum Gasteiger partial charge on any atom is 0.254 e. The molecule has 8 nitrogen and oxygen atoms in total. The van der Waals surface area contributed by atoms with Crippen LogP contribution in [0.2, 0.25) is 0 Å². The van der Waals surface area contributed by atoms with Gasteiger partial charge in [-0.2, -0.15) is 0 Å². The maximum atomic E-state index is 13.1. The molecule has 2 aromatic rings. The summed E-state index contributed by atoms with van der Waals surface area (Å²) >= 11 is 0. The Morgan fingerprint density at radius 3 is 2.75 bits per heavy atom. The van der Waals surface area contributed by atoms with Crippen molar-refractivity contribution < 1.29 is 19.1 Å². The molecule has 2 aliphatic heterocycles. The highest BCUT2D eigenvalue weighted by Gasteiger charge is 2.41. The van der Waals surface area contributed by atoms with Crippen molar-refractivity contribution in [3.8, 4) is 5.75 Å². The minimum atomic E-state index is -0.914. The number of benzene rings is 1. The van der Waals surface area contributed by atoms with E-state index in [0.29, 0.717) is 24.7 Å². The highest BCUT2D eigenvalue weighted by atomic mass is 16.5. The molecule has 0 N–H and O–H groups in total. The molecular weight excluding hydrogens is 408 g/mol. The molecule has 170 valence electrons.